The zero-order chi connectivity index (χ0) is 26.3. The van der Waals surface area contributed by atoms with Crippen LogP contribution in [0.4, 0.5) is 18.9 Å². The van der Waals surface area contributed by atoms with Crippen LogP contribution < -0.4 is 5.32 Å². The van der Waals surface area contributed by atoms with Crippen LogP contribution in [-0.4, -0.2) is 51.0 Å². The molecule has 0 atom stereocenters. The standard InChI is InChI=1S/C18H10F3NO10S3/c19-18(20,21)17(23)22-11-5-12(33(24,25)26)8-3-4-10-14(35(30,31)32)6-13(34(27,28)29)9-2-1-7(11)15(8)16(9)10/h1-6H,(H,22,23)(H,24,25,26)(H,27,28,29)(H,30,31,32)/p-3. The molecular weight excluding hydrogens is 543 g/mol. The van der Waals surface area contributed by atoms with Crippen LogP contribution in [0.25, 0.3) is 32.3 Å². The number of carbonyl (C=O) groups is 1. The average Bonchev–Trinajstić information content (AvgIpc) is 2.68. The number of hydrogen-bond acceptors (Lipinski definition) is 10. The van der Waals surface area contributed by atoms with Gasteiger partial charge in [-0.2, -0.15) is 13.2 Å². The van der Waals surface area contributed by atoms with Gasteiger partial charge in [0.15, 0.2) is 0 Å². The quantitative estimate of drug-likeness (QED) is 0.288. The van der Waals surface area contributed by atoms with Gasteiger partial charge in [0.25, 0.3) is 0 Å². The Labute approximate surface area is 193 Å². The van der Waals surface area contributed by atoms with Gasteiger partial charge in [-0.15, -0.1) is 0 Å². The fourth-order valence-corrected chi connectivity index (χ4v) is 5.99. The zero-order valence-corrected chi connectivity index (χ0v) is 18.9. The second-order valence-corrected chi connectivity index (χ2v) is 11.2. The van der Waals surface area contributed by atoms with Crippen LogP contribution in [0.15, 0.2) is 51.1 Å². The lowest BCUT2D eigenvalue weighted by Gasteiger charge is -2.22. The summed E-state index contributed by atoms with van der Waals surface area (Å²) in [6.07, 6.45) is -5.44. The molecule has 35 heavy (non-hydrogen) atoms. The van der Waals surface area contributed by atoms with Gasteiger partial charge in [-0.3, -0.25) is 4.79 Å². The summed E-state index contributed by atoms with van der Waals surface area (Å²) in [6.45, 7) is 0. The third kappa shape index (κ3) is 4.15. The summed E-state index contributed by atoms with van der Waals surface area (Å²) in [5, 5.41) is -1.47. The zero-order valence-electron chi connectivity index (χ0n) is 16.4. The van der Waals surface area contributed by atoms with Crippen molar-refractivity contribution in [3.05, 3.63) is 36.4 Å². The van der Waals surface area contributed by atoms with Crippen molar-refractivity contribution in [2.45, 2.75) is 20.9 Å². The molecule has 1 N–H and O–H groups in total. The summed E-state index contributed by atoms with van der Waals surface area (Å²) in [5.41, 5.74) is -0.842. The van der Waals surface area contributed by atoms with Crippen molar-refractivity contribution in [1.82, 2.24) is 0 Å². The molecule has 0 heterocycles. The minimum atomic E-state index is -5.45. The predicted octanol–water partition coefficient (Wildman–Crippen LogP) is 1.80. The van der Waals surface area contributed by atoms with Gasteiger partial charge in [-0.1, -0.05) is 24.3 Å². The molecule has 4 aromatic carbocycles. The normalized spacial score (nSPS) is 13.7. The Morgan fingerprint density at radius 1 is 0.657 bits per heavy atom. The molecule has 0 aliphatic heterocycles. The molecule has 4 aromatic rings. The minimum absolute atomic E-state index is 0.310. The largest absolute Gasteiger partial charge is 0.744 e. The maximum atomic E-state index is 12.8. The third-order valence-corrected chi connectivity index (χ3v) is 7.73. The van der Waals surface area contributed by atoms with E-state index in [0.29, 0.717) is 12.1 Å². The number of nitrogens with one attached hydrogen (secondary N) is 1. The van der Waals surface area contributed by atoms with E-state index in [9.17, 15) is 56.9 Å². The van der Waals surface area contributed by atoms with Crippen LogP contribution in [0.5, 0.6) is 0 Å². The van der Waals surface area contributed by atoms with Crippen LogP contribution in [-0.2, 0) is 35.1 Å². The molecule has 4 rings (SSSR count). The van der Waals surface area contributed by atoms with Crippen LogP contribution in [0.1, 0.15) is 0 Å². The lowest BCUT2D eigenvalue weighted by Crippen LogP contribution is -2.30. The molecule has 0 saturated heterocycles. The van der Waals surface area contributed by atoms with Crippen molar-refractivity contribution >= 4 is 74.3 Å². The van der Waals surface area contributed by atoms with E-state index in [1.165, 1.54) is 5.32 Å². The molecule has 0 bridgehead atoms. The smallest absolute Gasteiger partial charge is 0.471 e. The second kappa shape index (κ2) is 7.45. The number of halogens is 3. The average molecular weight is 550 g/mol. The molecular formula is C18H7F3NO10S3-3. The fourth-order valence-electron chi connectivity index (χ4n) is 3.81. The molecule has 186 valence electrons. The molecule has 0 aliphatic rings. The van der Waals surface area contributed by atoms with Gasteiger partial charge in [-0.25, -0.2) is 25.3 Å². The van der Waals surface area contributed by atoms with E-state index in [1.54, 1.807) is 0 Å². The Balaban J connectivity index is 2.34. The second-order valence-electron chi connectivity index (χ2n) is 7.18. The number of benzene rings is 4. The number of rotatable bonds is 4. The first-order chi connectivity index (χ1) is 15.8. The predicted molar refractivity (Wildman–Crippen MR) is 109 cm³/mol. The summed E-state index contributed by atoms with van der Waals surface area (Å²) < 4.78 is 145. The van der Waals surface area contributed by atoms with Crippen LogP contribution in [0.2, 0.25) is 0 Å². The lowest BCUT2D eigenvalue weighted by molar-refractivity contribution is -0.167. The van der Waals surface area contributed by atoms with Crippen molar-refractivity contribution in [2.24, 2.45) is 0 Å². The van der Waals surface area contributed by atoms with Crippen LogP contribution >= 0.6 is 0 Å². The highest BCUT2D eigenvalue weighted by Gasteiger charge is 2.39. The van der Waals surface area contributed by atoms with E-state index in [1.807, 2.05) is 0 Å². The maximum absolute atomic E-state index is 12.8. The van der Waals surface area contributed by atoms with Crippen molar-refractivity contribution in [1.29, 1.82) is 0 Å². The molecule has 0 radical (unpaired) electrons. The Morgan fingerprint density at radius 2 is 1.00 bits per heavy atom. The number of anilines is 1. The van der Waals surface area contributed by atoms with Gasteiger partial charge in [0.2, 0.25) is 0 Å². The maximum Gasteiger partial charge on any atom is 0.471 e. The highest BCUT2D eigenvalue weighted by atomic mass is 32.2. The molecule has 0 spiro atoms. The van der Waals surface area contributed by atoms with Gasteiger partial charge in [0.1, 0.15) is 30.4 Å². The van der Waals surface area contributed by atoms with Crippen LogP contribution in [0.3, 0.4) is 0 Å². The van der Waals surface area contributed by atoms with Gasteiger partial charge in [-0.05, 0) is 17.5 Å². The van der Waals surface area contributed by atoms with E-state index in [4.69, 9.17) is 0 Å². The topological polar surface area (TPSA) is 201 Å². The number of alkyl halides is 3. The Hall–Kier alpha value is -3.09. The van der Waals surface area contributed by atoms with E-state index in [-0.39, 0.29) is 5.39 Å². The number of carbonyl (C=O) groups excluding carboxylic acids is 1. The fraction of sp³-hybridized carbons (Fsp3) is 0.0556. The van der Waals surface area contributed by atoms with Crippen LogP contribution in [0, 0.1) is 0 Å². The van der Waals surface area contributed by atoms with E-state index in [2.05, 4.69) is 0 Å². The Kier molecular flexibility index (Phi) is 5.33. The molecule has 0 fully saturated rings. The molecule has 0 aromatic heterocycles. The number of hydrogen-bond donors (Lipinski definition) is 1. The highest BCUT2D eigenvalue weighted by Crippen LogP contribution is 2.44. The first-order valence-corrected chi connectivity index (χ1v) is 13.1. The van der Waals surface area contributed by atoms with E-state index < -0.39 is 89.7 Å². The molecule has 0 aliphatic carbocycles. The monoisotopic (exact) mass is 550 g/mol. The van der Waals surface area contributed by atoms with Gasteiger partial charge < -0.3 is 19.0 Å². The third-order valence-electron chi connectivity index (χ3n) is 5.10. The first-order valence-electron chi connectivity index (χ1n) is 8.86. The summed E-state index contributed by atoms with van der Waals surface area (Å²) in [4.78, 5) is 8.00. The number of amides is 1. The summed E-state index contributed by atoms with van der Waals surface area (Å²) >= 11 is 0. The molecule has 0 saturated carbocycles. The van der Waals surface area contributed by atoms with Gasteiger partial charge >= 0.3 is 12.1 Å². The summed E-state index contributed by atoms with van der Waals surface area (Å²) in [5.74, 6) is -2.55. The van der Waals surface area contributed by atoms with E-state index >= 15 is 0 Å². The van der Waals surface area contributed by atoms with Crippen molar-refractivity contribution in [3.63, 3.8) is 0 Å². The van der Waals surface area contributed by atoms with E-state index in [0.717, 1.165) is 24.3 Å². The Morgan fingerprint density at radius 3 is 1.37 bits per heavy atom. The lowest BCUT2D eigenvalue weighted by atomic mass is 9.93. The first kappa shape index (κ1) is 25.0. The Bertz CT molecular complexity index is 1850. The summed E-state index contributed by atoms with van der Waals surface area (Å²) in [6, 6.07) is 4.33. The highest BCUT2D eigenvalue weighted by molar-refractivity contribution is 7.87. The molecule has 0 unspecified atom stereocenters. The molecule has 11 nitrogen and oxygen atoms in total. The van der Waals surface area contributed by atoms with Crippen molar-refractivity contribution < 1.29 is 56.9 Å². The van der Waals surface area contributed by atoms with Crippen molar-refractivity contribution in [3.8, 4) is 0 Å². The van der Waals surface area contributed by atoms with Crippen molar-refractivity contribution in [2.75, 3.05) is 5.32 Å². The minimum Gasteiger partial charge on any atom is -0.744 e. The molecule has 17 heteroatoms. The molecule has 1 amide bonds. The SMILES string of the molecule is O=C(Nc1cc(S(=O)(=O)[O-])c2ccc3c(S(=O)(=O)[O-])cc(S(=O)(=O)[O-])c4ccc1c2c43)C(F)(F)F. The van der Waals surface area contributed by atoms with Gasteiger partial charge in [0, 0.05) is 26.9 Å². The van der Waals surface area contributed by atoms with Gasteiger partial charge in [0.05, 0.1) is 20.4 Å². The summed E-state index contributed by atoms with van der Waals surface area (Å²) in [7, 11) is -16.3.